The molecule has 0 amide bonds. The molecule has 8 nitrogen and oxygen atoms in total. The van der Waals surface area contributed by atoms with Crippen molar-refractivity contribution in [3.05, 3.63) is 47.4 Å². The minimum atomic E-state index is 0.437. The lowest BCUT2D eigenvalue weighted by atomic mass is 10.1. The second-order valence-electron chi connectivity index (χ2n) is 7.82. The van der Waals surface area contributed by atoms with Crippen molar-refractivity contribution >= 4 is 29.0 Å². The van der Waals surface area contributed by atoms with Crippen LogP contribution in [0.15, 0.2) is 41.2 Å². The average Bonchev–Trinajstić information content (AvgIpc) is 3.08. The monoisotopic (exact) mass is 419 g/mol. The molecule has 2 aromatic heterocycles. The molecule has 1 atom stereocenters. The molecule has 8 heteroatoms. The molecule has 0 saturated heterocycles. The molecule has 0 bridgehead atoms. The van der Waals surface area contributed by atoms with Crippen LogP contribution in [-0.2, 0) is 20.0 Å². The molecular formula is C23H29N7O. The maximum Gasteiger partial charge on any atom is 0.225 e. The summed E-state index contributed by atoms with van der Waals surface area (Å²) in [6.45, 7) is 4.93. The van der Waals surface area contributed by atoms with Crippen LogP contribution in [-0.4, -0.2) is 33.1 Å². The second kappa shape index (κ2) is 9.16. The smallest absolute Gasteiger partial charge is 0.225 e. The van der Waals surface area contributed by atoms with Gasteiger partial charge in [0.1, 0.15) is 22.6 Å². The lowest BCUT2D eigenvalue weighted by Crippen LogP contribution is -2.11. The highest BCUT2D eigenvalue weighted by atomic mass is 16.5. The molecule has 0 spiro atoms. The Hall–Kier alpha value is -3.42. The summed E-state index contributed by atoms with van der Waals surface area (Å²) in [5.41, 5.74) is 3.85. The van der Waals surface area contributed by atoms with Gasteiger partial charge >= 0.3 is 0 Å². The van der Waals surface area contributed by atoms with Crippen LogP contribution in [0.1, 0.15) is 37.9 Å². The molecule has 1 aliphatic rings. The number of aryl methyl sites for hydroxylation is 2. The number of ether oxygens (including phenoxy) is 1. The molecule has 1 aliphatic heterocycles. The van der Waals surface area contributed by atoms with Gasteiger partial charge < -0.3 is 15.4 Å². The first-order chi connectivity index (χ1) is 15.1. The van der Waals surface area contributed by atoms with Gasteiger partial charge in [0.15, 0.2) is 5.82 Å². The van der Waals surface area contributed by atoms with Gasteiger partial charge in [-0.25, -0.2) is 9.98 Å². The second-order valence-corrected chi connectivity index (χ2v) is 7.82. The maximum absolute atomic E-state index is 5.23. The van der Waals surface area contributed by atoms with E-state index in [1.807, 2.05) is 42.2 Å². The third kappa shape index (κ3) is 4.68. The van der Waals surface area contributed by atoms with E-state index in [1.165, 1.54) is 0 Å². The quantitative estimate of drug-likeness (QED) is 0.566. The summed E-state index contributed by atoms with van der Waals surface area (Å²) >= 11 is 0. The van der Waals surface area contributed by atoms with Gasteiger partial charge in [0.05, 0.1) is 12.8 Å². The van der Waals surface area contributed by atoms with Gasteiger partial charge in [-0.1, -0.05) is 32.4 Å². The zero-order valence-electron chi connectivity index (χ0n) is 18.5. The Morgan fingerprint density at radius 1 is 1.19 bits per heavy atom. The molecule has 2 N–H and O–H groups in total. The third-order valence-electron chi connectivity index (χ3n) is 5.24. The van der Waals surface area contributed by atoms with E-state index in [0.29, 0.717) is 24.2 Å². The van der Waals surface area contributed by atoms with E-state index in [2.05, 4.69) is 35.5 Å². The highest BCUT2D eigenvalue weighted by Crippen LogP contribution is 2.27. The number of anilines is 2. The number of benzene rings is 1. The van der Waals surface area contributed by atoms with Crippen LogP contribution in [0, 0.1) is 5.92 Å². The number of aromatic nitrogens is 4. The van der Waals surface area contributed by atoms with Crippen molar-refractivity contribution in [2.75, 3.05) is 17.7 Å². The van der Waals surface area contributed by atoms with Gasteiger partial charge in [-0.05, 0) is 42.5 Å². The van der Waals surface area contributed by atoms with E-state index in [4.69, 9.17) is 19.8 Å². The number of nitrogens with zero attached hydrogens (tertiary/aromatic N) is 5. The van der Waals surface area contributed by atoms with Crippen LogP contribution in [0.4, 0.5) is 11.8 Å². The van der Waals surface area contributed by atoms with Crippen LogP contribution in [0.5, 0.6) is 5.75 Å². The summed E-state index contributed by atoms with van der Waals surface area (Å²) in [5.74, 6) is 3.34. The van der Waals surface area contributed by atoms with Crippen LogP contribution in [0.3, 0.4) is 0 Å². The Balaban J connectivity index is 1.67. The number of nitrogens with one attached hydrogen (secondary N) is 2. The topological polar surface area (TPSA) is 89.2 Å². The fraction of sp³-hybridized carbons (Fsp3) is 0.391. The summed E-state index contributed by atoms with van der Waals surface area (Å²) in [4.78, 5) is 14.1. The standard InChI is InChI=1S/C23H29N7O/c1-5-6-18-20-21(30(3)29-18)22(26-19-13-15(2)11-12-24-19)28-23(27-20)25-14-16-7-9-17(31-4)10-8-16/h7-10,12-13,15H,5-6,11,14H2,1-4H3,(H2,25,26,27,28). The van der Waals surface area contributed by atoms with E-state index in [0.717, 1.165) is 53.1 Å². The molecule has 1 aromatic carbocycles. The number of methoxy groups -OCH3 is 1. The van der Waals surface area contributed by atoms with Crippen LogP contribution in [0.25, 0.3) is 11.0 Å². The number of allylic oxidation sites excluding steroid dienone is 1. The zero-order valence-corrected chi connectivity index (χ0v) is 18.5. The first kappa shape index (κ1) is 20.8. The highest BCUT2D eigenvalue weighted by Gasteiger charge is 2.18. The normalized spacial score (nSPS) is 15.7. The molecule has 3 aromatic rings. The molecule has 0 aliphatic carbocycles. The number of aliphatic imine (C=N–C) groups is 1. The summed E-state index contributed by atoms with van der Waals surface area (Å²) in [6, 6.07) is 7.95. The van der Waals surface area contributed by atoms with Crippen LogP contribution < -0.4 is 15.4 Å². The summed E-state index contributed by atoms with van der Waals surface area (Å²) < 4.78 is 7.09. The van der Waals surface area contributed by atoms with Gasteiger partial charge in [0.25, 0.3) is 0 Å². The molecule has 31 heavy (non-hydrogen) atoms. The van der Waals surface area contributed by atoms with Crippen molar-refractivity contribution in [3.63, 3.8) is 0 Å². The number of hydrogen-bond acceptors (Lipinski definition) is 7. The maximum atomic E-state index is 5.23. The Morgan fingerprint density at radius 2 is 2.00 bits per heavy atom. The first-order valence-electron chi connectivity index (χ1n) is 10.7. The SMILES string of the molecule is CCCc1nn(C)c2c(NC3=CC(C)CC=N3)nc(NCc3ccc(OC)cc3)nc12. The molecule has 162 valence electrons. The van der Waals surface area contributed by atoms with Crippen molar-refractivity contribution in [2.45, 2.75) is 39.7 Å². The van der Waals surface area contributed by atoms with Crippen molar-refractivity contribution in [3.8, 4) is 5.75 Å². The average molecular weight is 420 g/mol. The van der Waals surface area contributed by atoms with Crippen LogP contribution >= 0.6 is 0 Å². The van der Waals surface area contributed by atoms with Gasteiger partial charge in [-0.2, -0.15) is 10.1 Å². The van der Waals surface area contributed by atoms with Crippen molar-refractivity contribution in [1.29, 1.82) is 0 Å². The minimum absolute atomic E-state index is 0.437. The lowest BCUT2D eigenvalue weighted by molar-refractivity contribution is 0.414. The predicted octanol–water partition coefficient (Wildman–Crippen LogP) is 4.30. The molecule has 1 unspecified atom stereocenters. The fourth-order valence-corrected chi connectivity index (χ4v) is 3.63. The van der Waals surface area contributed by atoms with Crippen molar-refractivity contribution < 1.29 is 4.74 Å². The first-order valence-corrected chi connectivity index (χ1v) is 10.7. The Kier molecular flexibility index (Phi) is 6.16. The van der Waals surface area contributed by atoms with Gasteiger partial charge in [-0.3, -0.25) is 4.68 Å². The third-order valence-corrected chi connectivity index (χ3v) is 5.24. The zero-order chi connectivity index (χ0) is 21.8. The van der Waals surface area contributed by atoms with Crippen LogP contribution in [0.2, 0.25) is 0 Å². The predicted molar refractivity (Wildman–Crippen MR) is 125 cm³/mol. The van der Waals surface area contributed by atoms with Crippen molar-refractivity contribution in [1.82, 2.24) is 19.7 Å². The van der Waals surface area contributed by atoms with E-state index in [-0.39, 0.29) is 0 Å². The molecule has 0 radical (unpaired) electrons. The summed E-state index contributed by atoms with van der Waals surface area (Å²) in [5, 5.41) is 11.5. The Morgan fingerprint density at radius 3 is 2.71 bits per heavy atom. The molecular weight excluding hydrogens is 390 g/mol. The van der Waals surface area contributed by atoms with Gasteiger partial charge in [0.2, 0.25) is 5.95 Å². The number of rotatable bonds is 8. The minimum Gasteiger partial charge on any atom is -0.497 e. The molecule has 0 saturated carbocycles. The summed E-state index contributed by atoms with van der Waals surface area (Å²) in [6.07, 6.45) is 6.89. The largest absolute Gasteiger partial charge is 0.497 e. The van der Waals surface area contributed by atoms with Gasteiger partial charge in [0, 0.05) is 19.8 Å². The Bertz CT molecular complexity index is 1120. The van der Waals surface area contributed by atoms with Gasteiger partial charge in [-0.15, -0.1) is 0 Å². The van der Waals surface area contributed by atoms with E-state index in [9.17, 15) is 0 Å². The lowest BCUT2D eigenvalue weighted by Gasteiger charge is -2.15. The van der Waals surface area contributed by atoms with E-state index >= 15 is 0 Å². The molecule has 0 fully saturated rings. The van der Waals surface area contributed by atoms with Crippen molar-refractivity contribution in [2.24, 2.45) is 18.0 Å². The number of hydrogen-bond donors (Lipinski definition) is 2. The highest BCUT2D eigenvalue weighted by molar-refractivity contribution is 5.89. The van der Waals surface area contributed by atoms with E-state index < -0.39 is 0 Å². The number of fused-ring (bicyclic) bond motifs is 1. The Labute approximate surface area is 182 Å². The van der Waals surface area contributed by atoms with E-state index in [1.54, 1.807) is 7.11 Å². The molecule has 3 heterocycles. The molecule has 4 rings (SSSR count). The summed E-state index contributed by atoms with van der Waals surface area (Å²) in [7, 11) is 3.60. The fourth-order valence-electron chi connectivity index (χ4n) is 3.63.